The topological polar surface area (TPSA) is 85.2 Å². The zero-order valence-corrected chi connectivity index (χ0v) is 17.2. The standard InChI is InChI=1S/C20H27N7O2/c1-15-12-16(2)27(22-15)19-4-5-20(28)26(23-19)11-10-24-6-8-25(9-7-24)13-18-17(3)29-14-21-18/h4-5,12,14H,6-11,13H2,1-3H3. The van der Waals surface area contributed by atoms with Crippen molar-refractivity contribution in [1.82, 2.24) is 34.3 Å². The average Bonchev–Trinajstić information content (AvgIpc) is 3.26. The molecule has 154 valence electrons. The maximum absolute atomic E-state index is 12.3. The largest absolute Gasteiger partial charge is 0.448 e. The van der Waals surface area contributed by atoms with Crippen molar-refractivity contribution in [3.05, 3.63) is 57.8 Å². The van der Waals surface area contributed by atoms with E-state index in [4.69, 9.17) is 4.42 Å². The molecule has 0 radical (unpaired) electrons. The van der Waals surface area contributed by atoms with Crippen LogP contribution in [-0.4, -0.2) is 67.1 Å². The molecule has 9 heteroatoms. The fraction of sp³-hybridized carbons (Fsp3) is 0.500. The molecule has 4 rings (SSSR count). The van der Waals surface area contributed by atoms with E-state index in [0.717, 1.165) is 62.1 Å². The number of nitrogens with zero attached hydrogens (tertiary/aromatic N) is 7. The molecule has 0 aromatic carbocycles. The van der Waals surface area contributed by atoms with Gasteiger partial charge < -0.3 is 4.42 Å². The zero-order valence-electron chi connectivity index (χ0n) is 17.2. The average molecular weight is 397 g/mol. The van der Waals surface area contributed by atoms with Gasteiger partial charge in [0.15, 0.2) is 12.2 Å². The molecule has 29 heavy (non-hydrogen) atoms. The molecule has 3 aromatic heterocycles. The van der Waals surface area contributed by atoms with Crippen molar-refractivity contribution in [1.29, 1.82) is 0 Å². The number of rotatable bonds is 6. The lowest BCUT2D eigenvalue weighted by atomic mass is 10.2. The SMILES string of the molecule is Cc1cc(C)n(-c2ccc(=O)n(CCN3CCN(Cc4ncoc4C)CC3)n2)n1. The summed E-state index contributed by atoms with van der Waals surface area (Å²) in [7, 11) is 0. The van der Waals surface area contributed by atoms with Gasteiger partial charge in [-0.2, -0.15) is 5.10 Å². The second-order valence-electron chi connectivity index (χ2n) is 7.56. The quantitative estimate of drug-likeness (QED) is 0.617. The highest BCUT2D eigenvalue weighted by atomic mass is 16.3. The second-order valence-corrected chi connectivity index (χ2v) is 7.56. The Hall–Kier alpha value is -2.78. The van der Waals surface area contributed by atoms with E-state index in [0.29, 0.717) is 12.4 Å². The Morgan fingerprint density at radius 1 is 1.00 bits per heavy atom. The molecule has 1 aliphatic heterocycles. The third kappa shape index (κ3) is 4.46. The van der Waals surface area contributed by atoms with E-state index in [-0.39, 0.29) is 5.56 Å². The third-order valence-corrected chi connectivity index (χ3v) is 5.39. The van der Waals surface area contributed by atoms with E-state index in [1.807, 2.05) is 26.8 Å². The van der Waals surface area contributed by atoms with Crippen molar-refractivity contribution >= 4 is 0 Å². The van der Waals surface area contributed by atoms with Crippen LogP contribution in [0.2, 0.25) is 0 Å². The fourth-order valence-electron chi connectivity index (χ4n) is 3.67. The number of oxazole rings is 1. The molecule has 0 saturated carbocycles. The molecule has 0 amide bonds. The predicted molar refractivity (Wildman–Crippen MR) is 108 cm³/mol. The number of aromatic nitrogens is 5. The van der Waals surface area contributed by atoms with E-state index < -0.39 is 0 Å². The summed E-state index contributed by atoms with van der Waals surface area (Å²) in [4.78, 5) is 21.3. The van der Waals surface area contributed by atoms with Gasteiger partial charge in [-0.3, -0.25) is 14.6 Å². The zero-order chi connectivity index (χ0) is 20.4. The summed E-state index contributed by atoms with van der Waals surface area (Å²) in [5, 5.41) is 8.98. The van der Waals surface area contributed by atoms with Crippen LogP contribution in [0.1, 0.15) is 22.8 Å². The van der Waals surface area contributed by atoms with Gasteiger partial charge in [0.05, 0.1) is 17.9 Å². The minimum absolute atomic E-state index is 0.0876. The van der Waals surface area contributed by atoms with Crippen molar-refractivity contribution in [2.75, 3.05) is 32.7 Å². The highest BCUT2D eigenvalue weighted by Gasteiger charge is 2.19. The van der Waals surface area contributed by atoms with Gasteiger partial charge in [-0.1, -0.05) is 0 Å². The molecule has 9 nitrogen and oxygen atoms in total. The summed E-state index contributed by atoms with van der Waals surface area (Å²) in [5.74, 6) is 1.56. The summed E-state index contributed by atoms with van der Waals surface area (Å²) >= 11 is 0. The Balaban J connectivity index is 1.34. The smallest absolute Gasteiger partial charge is 0.266 e. The van der Waals surface area contributed by atoms with Crippen LogP contribution >= 0.6 is 0 Å². The summed E-state index contributed by atoms with van der Waals surface area (Å²) in [6.45, 7) is 11.9. The number of hydrogen-bond donors (Lipinski definition) is 0. The first kappa shape index (κ1) is 19.5. The fourth-order valence-corrected chi connectivity index (χ4v) is 3.67. The van der Waals surface area contributed by atoms with Crippen LogP contribution < -0.4 is 5.56 Å². The molecule has 0 aliphatic carbocycles. The summed E-state index contributed by atoms with van der Waals surface area (Å²) in [6.07, 6.45) is 1.51. The number of hydrogen-bond acceptors (Lipinski definition) is 7. The Labute approximate surface area is 169 Å². The summed E-state index contributed by atoms with van der Waals surface area (Å²) in [5.41, 5.74) is 2.85. The first-order valence-corrected chi connectivity index (χ1v) is 9.95. The van der Waals surface area contributed by atoms with Crippen molar-refractivity contribution in [3.8, 4) is 5.82 Å². The predicted octanol–water partition coefficient (Wildman–Crippen LogP) is 1.16. The Kier molecular flexibility index (Phi) is 5.59. The van der Waals surface area contributed by atoms with Crippen LogP contribution in [0.15, 0.2) is 33.8 Å². The molecule has 0 unspecified atom stereocenters. The van der Waals surface area contributed by atoms with E-state index >= 15 is 0 Å². The van der Waals surface area contributed by atoms with Crippen LogP contribution in [0.4, 0.5) is 0 Å². The molecule has 0 bridgehead atoms. The highest BCUT2D eigenvalue weighted by Crippen LogP contribution is 2.11. The van der Waals surface area contributed by atoms with E-state index in [9.17, 15) is 4.79 Å². The van der Waals surface area contributed by atoms with Gasteiger partial charge in [-0.25, -0.2) is 14.3 Å². The normalized spacial score (nSPS) is 15.8. The van der Waals surface area contributed by atoms with Crippen molar-refractivity contribution in [2.24, 2.45) is 0 Å². The maximum atomic E-state index is 12.3. The van der Waals surface area contributed by atoms with Crippen LogP contribution in [0.3, 0.4) is 0 Å². The van der Waals surface area contributed by atoms with Gasteiger partial charge in [0.25, 0.3) is 5.56 Å². The first-order valence-electron chi connectivity index (χ1n) is 9.95. The number of aryl methyl sites for hydroxylation is 3. The molecule has 1 aliphatic rings. The van der Waals surface area contributed by atoms with Gasteiger partial charge in [-0.15, -0.1) is 5.10 Å². The Morgan fingerprint density at radius 2 is 1.76 bits per heavy atom. The molecular weight excluding hydrogens is 370 g/mol. The van der Waals surface area contributed by atoms with E-state index in [1.54, 1.807) is 16.8 Å². The van der Waals surface area contributed by atoms with Gasteiger partial charge in [-0.05, 0) is 32.9 Å². The maximum Gasteiger partial charge on any atom is 0.266 e. The second kappa shape index (κ2) is 8.30. The van der Waals surface area contributed by atoms with E-state index in [1.165, 1.54) is 11.1 Å². The Morgan fingerprint density at radius 3 is 2.41 bits per heavy atom. The van der Waals surface area contributed by atoms with Crippen LogP contribution in [0, 0.1) is 20.8 Å². The lowest BCUT2D eigenvalue weighted by molar-refractivity contribution is 0.121. The highest BCUT2D eigenvalue weighted by molar-refractivity contribution is 5.23. The minimum Gasteiger partial charge on any atom is -0.448 e. The summed E-state index contributed by atoms with van der Waals surface area (Å²) < 4.78 is 8.59. The van der Waals surface area contributed by atoms with Crippen molar-refractivity contribution < 1.29 is 4.42 Å². The first-order chi connectivity index (χ1) is 14.0. The lowest BCUT2D eigenvalue weighted by Gasteiger charge is -2.34. The molecule has 1 saturated heterocycles. The number of piperazine rings is 1. The third-order valence-electron chi connectivity index (χ3n) is 5.39. The van der Waals surface area contributed by atoms with E-state index in [2.05, 4.69) is 25.0 Å². The van der Waals surface area contributed by atoms with Crippen molar-refractivity contribution in [3.63, 3.8) is 0 Å². The molecule has 0 atom stereocenters. The molecular formula is C20H27N7O2. The molecule has 1 fully saturated rings. The molecule has 3 aromatic rings. The van der Waals surface area contributed by atoms with Crippen molar-refractivity contribution in [2.45, 2.75) is 33.9 Å². The summed E-state index contributed by atoms with van der Waals surface area (Å²) in [6, 6.07) is 5.29. The van der Waals surface area contributed by atoms with Gasteiger partial charge in [0, 0.05) is 51.0 Å². The lowest BCUT2D eigenvalue weighted by Crippen LogP contribution is -2.47. The van der Waals surface area contributed by atoms with Gasteiger partial charge in [0.1, 0.15) is 5.76 Å². The van der Waals surface area contributed by atoms with Crippen LogP contribution in [0.5, 0.6) is 0 Å². The Bertz CT molecular complexity index is 1030. The van der Waals surface area contributed by atoms with Gasteiger partial charge in [0.2, 0.25) is 0 Å². The monoisotopic (exact) mass is 397 g/mol. The molecule has 0 N–H and O–H groups in total. The van der Waals surface area contributed by atoms with Crippen LogP contribution in [0.25, 0.3) is 5.82 Å². The minimum atomic E-state index is -0.0876. The molecule has 4 heterocycles. The van der Waals surface area contributed by atoms with Crippen LogP contribution in [-0.2, 0) is 13.1 Å². The van der Waals surface area contributed by atoms with Gasteiger partial charge >= 0.3 is 0 Å². The molecule has 0 spiro atoms.